The maximum absolute atomic E-state index is 13.8. The number of halogens is 1. The van der Waals surface area contributed by atoms with Gasteiger partial charge in [-0.05, 0) is 49.3 Å². The van der Waals surface area contributed by atoms with E-state index in [4.69, 9.17) is 4.74 Å². The first-order valence-electron chi connectivity index (χ1n) is 7.89. The zero-order valence-electron chi connectivity index (χ0n) is 12.0. The highest BCUT2D eigenvalue weighted by Crippen LogP contribution is 2.25. The summed E-state index contributed by atoms with van der Waals surface area (Å²) in [6.45, 7) is 2.02. The van der Waals surface area contributed by atoms with E-state index in [1.165, 1.54) is 38.5 Å². The molecule has 0 aliphatic heterocycles. The molecule has 3 rings (SSSR count). The number of hydrogen-bond donors (Lipinski definition) is 1. The summed E-state index contributed by atoms with van der Waals surface area (Å²) < 4.78 is 19.5. The molecule has 0 atom stereocenters. The number of benzene rings is 1. The lowest BCUT2D eigenvalue weighted by molar-refractivity contribution is 0.0869. The molecule has 110 valence electrons. The smallest absolute Gasteiger partial charge is 0.128 e. The normalized spacial score (nSPS) is 19.6. The van der Waals surface area contributed by atoms with Crippen LogP contribution in [0, 0.1) is 11.7 Å². The minimum absolute atomic E-state index is 0.147. The molecule has 2 nitrogen and oxygen atoms in total. The van der Waals surface area contributed by atoms with Gasteiger partial charge in [-0.3, -0.25) is 0 Å². The first-order valence-corrected chi connectivity index (χ1v) is 7.89. The zero-order chi connectivity index (χ0) is 13.8. The van der Waals surface area contributed by atoms with Gasteiger partial charge in [-0.15, -0.1) is 0 Å². The molecule has 20 heavy (non-hydrogen) atoms. The standard InChI is InChI=1S/C17H24FNO/c18-17-8-5-14(10-19-16-6-7-16)9-15(17)12-20-11-13-3-1-2-4-13/h5,8-9,13,16,19H,1-4,6-7,10-12H2. The van der Waals surface area contributed by atoms with Crippen LogP contribution in [0.3, 0.4) is 0 Å². The molecule has 2 aliphatic carbocycles. The predicted molar refractivity (Wildman–Crippen MR) is 77.9 cm³/mol. The van der Waals surface area contributed by atoms with E-state index in [-0.39, 0.29) is 5.82 Å². The third-order valence-electron chi connectivity index (χ3n) is 4.37. The first-order chi connectivity index (χ1) is 9.81. The van der Waals surface area contributed by atoms with Gasteiger partial charge in [0.05, 0.1) is 6.61 Å². The Kier molecular flexibility index (Phi) is 4.69. The minimum Gasteiger partial charge on any atom is -0.376 e. The highest BCUT2D eigenvalue weighted by molar-refractivity contribution is 5.24. The van der Waals surface area contributed by atoms with Crippen molar-refractivity contribution in [2.24, 2.45) is 5.92 Å². The summed E-state index contributed by atoms with van der Waals surface area (Å²) in [6, 6.07) is 6.06. The van der Waals surface area contributed by atoms with Gasteiger partial charge >= 0.3 is 0 Å². The second kappa shape index (κ2) is 6.68. The number of ether oxygens (including phenoxy) is 1. The molecule has 1 aromatic rings. The molecule has 2 aliphatic rings. The van der Waals surface area contributed by atoms with Crippen molar-refractivity contribution in [2.45, 2.75) is 57.7 Å². The van der Waals surface area contributed by atoms with Gasteiger partial charge in [-0.25, -0.2) is 4.39 Å². The van der Waals surface area contributed by atoms with Crippen molar-refractivity contribution in [3.8, 4) is 0 Å². The molecular formula is C17H24FNO. The SMILES string of the molecule is Fc1ccc(CNC2CC2)cc1COCC1CCCC1. The molecule has 0 unspecified atom stereocenters. The van der Waals surface area contributed by atoms with Gasteiger partial charge in [0.25, 0.3) is 0 Å². The van der Waals surface area contributed by atoms with Crippen LogP contribution in [0.15, 0.2) is 18.2 Å². The molecule has 2 fully saturated rings. The Morgan fingerprint density at radius 2 is 1.95 bits per heavy atom. The molecule has 0 saturated heterocycles. The quantitative estimate of drug-likeness (QED) is 0.819. The lowest BCUT2D eigenvalue weighted by Crippen LogP contribution is -2.15. The molecule has 1 N–H and O–H groups in total. The van der Waals surface area contributed by atoms with E-state index in [1.54, 1.807) is 6.07 Å². The Balaban J connectivity index is 1.49. The van der Waals surface area contributed by atoms with E-state index in [0.717, 1.165) is 18.7 Å². The molecule has 0 spiro atoms. The van der Waals surface area contributed by atoms with Crippen LogP contribution < -0.4 is 5.32 Å². The Hall–Kier alpha value is -0.930. The third-order valence-corrected chi connectivity index (χ3v) is 4.37. The molecule has 0 bridgehead atoms. The van der Waals surface area contributed by atoms with Gasteiger partial charge in [-0.2, -0.15) is 0 Å². The van der Waals surface area contributed by atoms with Crippen LogP contribution in [0.1, 0.15) is 49.7 Å². The maximum atomic E-state index is 13.8. The third kappa shape index (κ3) is 4.03. The number of hydrogen-bond acceptors (Lipinski definition) is 2. The predicted octanol–water partition coefficient (Wildman–Crippen LogP) is 3.78. The van der Waals surface area contributed by atoms with Crippen molar-refractivity contribution in [1.82, 2.24) is 5.32 Å². The van der Waals surface area contributed by atoms with Crippen molar-refractivity contribution in [2.75, 3.05) is 6.61 Å². The fraction of sp³-hybridized carbons (Fsp3) is 0.647. The topological polar surface area (TPSA) is 21.3 Å². The average molecular weight is 277 g/mol. The zero-order valence-corrected chi connectivity index (χ0v) is 12.0. The van der Waals surface area contributed by atoms with Crippen molar-refractivity contribution >= 4 is 0 Å². The highest BCUT2D eigenvalue weighted by Gasteiger charge is 2.20. The van der Waals surface area contributed by atoms with Crippen LogP contribution in [-0.2, 0) is 17.9 Å². The van der Waals surface area contributed by atoms with E-state index in [1.807, 2.05) is 12.1 Å². The minimum atomic E-state index is -0.147. The van der Waals surface area contributed by atoms with Gasteiger partial charge in [0.2, 0.25) is 0 Å². The second-order valence-electron chi connectivity index (χ2n) is 6.25. The summed E-state index contributed by atoms with van der Waals surface area (Å²) in [5, 5.41) is 3.46. The van der Waals surface area contributed by atoms with E-state index in [2.05, 4.69) is 5.32 Å². The average Bonchev–Trinajstić information content (AvgIpc) is 3.14. The molecule has 0 amide bonds. The van der Waals surface area contributed by atoms with Crippen molar-refractivity contribution in [1.29, 1.82) is 0 Å². The summed E-state index contributed by atoms with van der Waals surface area (Å²) in [6.07, 6.45) is 7.74. The number of rotatable bonds is 7. The second-order valence-corrected chi connectivity index (χ2v) is 6.25. The summed E-state index contributed by atoms with van der Waals surface area (Å²) >= 11 is 0. The first kappa shape index (κ1) is 14.0. The summed E-state index contributed by atoms with van der Waals surface area (Å²) in [7, 11) is 0. The van der Waals surface area contributed by atoms with Gasteiger partial charge in [0, 0.05) is 24.8 Å². The van der Waals surface area contributed by atoms with Crippen molar-refractivity contribution in [3.63, 3.8) is 0 Å². The van der Waals surface area contributed by atoms with E-state index in [0.29, 0.717) is 24.1 Å². The molecular weight excluding hydrogens is 253 g/mol. The largest absolute Gasteiger partial charge is 0.376 e. The van der Waals surface area contributed by atoms with E-state index >= 15 is 0 Å². The molecule has 0 heterocycles. The molecule has 3 heteroatoms. The molecule has 1 aromatic carbocycles. The highest BCUT2D eigenvalue weighted by atomic mass is 19.1. The monoisotopic (exact) mass is 277 g/mol. The lowest BCUT2D eigenvalue weighted by atomic mass is 10.1. The Morgan fingerprint density at radius 1 is 1.15 bits per heavy atom. The fourth-order valence-electron chi connectivity index (χ4n) is 2.91. The van der Waals surface area contributed by atoms with Crippen molar-refractivity contribution in [3.05, 3.63) is 35.1 Å². The van der Waals surface area contributed by atoms with Crippen LogP contribution in [0.2, 0.25) is 0 Å². The van der Waals surface area contributed by atoms with E-state index in [9.17, 15) is 4.39 Å². The van der Waals surface area contributed by atoms with Crippen LogP contribution in [0.5, 0.6) is 0 Å². The van der Waals surface area contributed by atoms with Crippen LogP contribution in [0.25, 0.3) is 0 Å². The maximum Gasteiger partial charge on any atom is 0.128 e. The summed E-state index contributed by atoms with van der Waals surface area (Å²) in [5.74, 6) is 0.546. The summed E-state index contributed by atoms with van der Waals surface area (Å²) in [5.41, 5.74) is 1.84. The molecule has 0 radical (unpaired) electrons. The Labute approximate surface area is 120 Å². The molecule has 0 aromatic heterocycles. The summed E-state index contributed by atoms with van der Waals surface area (Å²) in [4.78, 5) is 0. The van der Waals surface area contributed by atoms with Crippen molar-refractivity contribution < 1.29 is 9.13 Å². The molecule has 2 saturated carbocycles. The van der Waals surface area contributed by atoms with Gasteiger partial charge in [0.1, 0.15) is 5.82 Å². The van der Waals surface area contributed by atoms with Crippen LogP contribution >= 0.6 is 0 Å². The van der Waals surface area contributed by atoms with Gasteiger partial charge < -0.3 is 10.1 Å². The Bertz CT molecular complexity index is 439. The van der Waals surface area contributed by atoms with E-state index < -0.39 is 0 Å². The fourth-order valence-corrected chi connectivity index (χ4v) is 2.91. The van der Waals surface area contributed by atoms with Crippen LogP contribution in [-0.4, -0.2) is 12.6 Å². The van der Waals surface area contributed by atoms with Gasteiger partial charge in [0.15, 0.2) is 0 Å². The number of nitrogens with one attached hydrogen (secondary N) is 1. The van der Waals surface area contributed by atoms with Crippen LogP contribution in [0.4, 0.5) is 4.39 Å². The lowest BCUT2D eigenvalue weighted by Gasteiger charge is -2.11. The Morgan fingerprint density at radius 3 is 2.70 bits per heavy atom. The van der Waals surface area contributed by atoms with Gasteiger partial charge in [-0.1, -0.05) is 18.9 Å².